The Labute approximate surface area is 185 Å². The first-order valence-electron chi connectivity index (χ1n) is 10.2. The van der Waals surface area contributed by atoms with Gasteiger partial charge in [-0.05, 0) is 53.4 Å². The van der Waals surface area contributed by atoms with Crippen molar-refractivity contribution in [3.05, 3.63) is 52.7 Å². The molecule has 2 aliphatic carbocycles. The Morgan fingerprint density at radius 2 is 1.66 bits per heavy atom. The molecule has 5 nitrogen and oxygen atoms in total. The van der Waals surface area contributed by atoms with Crippen molar-refractivity contribution in [3.8, 4) is 24.0 Å². The zero-order valence-electron chi connectivity index (χ0n) is 18.0. The summed E-state index contributed by atoms with van der Waals surface area (Å²) >= 11 is 0. The molecule has 0 heterocycles. The molecule has 0 amide bonds. The second-order valence-corrected chi connectivity index (χ2v) is 9.33. The molecule has 3 atom stereocenters. The fourth-order valence-corrected chi connectivity index (χ4v) is 4.85. The van der Waals surface area contributed by atoms with E-state index >= 15 is 0 Å². The van der Waals surface area contributed by atoms with E-state index in [1.807, 2.05) is 18.2 Å². The molecule has 1 aromatic carbocycles. The van der Waals surface area contributed by atoms with Gasteiger partial charge in [0, 0.05) is 5.92 Å². The Balaban J connectivity index is 2.19. The molecule has 32 heavy (non-hydrogen) atoms. The predicted octanol–water partition coefficient (Wildman–Crippen LogP) is 5.45. The quantitative estimate of drug-likeness (QED) is 0.658. The molecular weight excluding hydrogens is 417 g/mol. The van der Waals surface area contributed by atoms with Gasteiger partial charge in [-0.15, -0.1) is 13.2 Å². The van der Waals surface area contributed by atoms with E-state index in [-0.39, 0.29) is 28.5 Å². The zero-order chi connectivity index (χ0) is 23.9. The first kappa shape index (κ1) is 23.2. The summed E-state index contributed by atoms with van der Waals surface area (Å²) in [6, 6.07) is 11.3. The molecule has 0 aliphatic heterocycles. The summed E-state index contributed by atoms with van der Waals surface area (Å²) in [5.41, 5.74) is 5.62. The van der Waals surface area contributed by atoms with E-state index in [1.54, 1.807) is 0 Å². The molecule has 0 saturated heterocycles. The average molecular weight is 440 g/mol. The highest BCUT2D eigenvalue weighted by molar-refractivity contribution is 5.59. The lowest BCUT2D eigenvalue weighted by Crippen LogP contribution is -2.44. The third-order valence-electron chi connectivity index (χ3n) is 6.57. The molecule has 2 aliphatic rings. The summed E-state index contributed by atoms with van der Waals surface area (Å²) in [5.74, 6) is -1.28. The van der Waals surface area contributed by atoms with Gasteiger partial charge in [0.2, 0.25) is 0 Å². The molecule has 3 rings (SSSR count). The number of alkyl halides is 3. The van der Waals surface area contributed by atoms with Crippen molar-refractivity contribution in [1.29, 1.82) is 15.8 Å². The number of nitrogens with two attached hydrogens (primary N) is 1. The van der Waals surface area contributed by atoms with Gasteiger partial charge in [-0.25, -0.2) is 0 Å². The Hall–Kier alpha value is -3.44. The third kappa shape index (κ3) is 3.92. The van der Waals surface area contributed by atoms with Gasteiger partial charge in [-0.1, -0.05) is 39.0 Å². The number of nitrogens with zero attached hydrogens (tertiary/aromatic N) is 3. The Bertz CT molecular complexity index is 1080. The Morgan fingerprint density at radius 3 is 2.12 bits per heavy atom. The van der Waals surface area contributed by atoms with Gasteiger partial charge < -0.3 is 10.5 Å². The smallest absolute Gasteiger partial charge is 0.406 e. The maximum atomic E-state index is 12.6. The van der Waals surface area contributed by atoms with Crippen molar-refractivity contribution in [2.24, 2.45) is 28.4 Å². The van der Waals surface area contributed by atoms with Crippen molar-refractivity contribution < 1.29 is 17.9 Å². The van der Waals surface area contributed by atoms with Crippen LogP contribution in [0.3, 0.4) is 0 Å². The van der Waals surface area contributed by atoms with Crippen LogP contribution in [0.1, 0.15) is 45.1 Å². The van der Waals surface area contributed by atoms with E-state index in [0.717, 1.165) is 18.6 Å². The minimum atomic E-state index is -4.83. The highest BCUT2D eigenvalue weighted by Gasteiger charge is 2.55. The number of fused-ring (bicyclic) bond motifs is 1. The van der Waals surface area contributed by atoms with Gasteiger partial charge in [-0.2, -0.15) is 15.8 Å². The maximum absolute atomic E-state index is 12.6. The van der Waals surface area contributed by atoms with Gasteiger partial charge in [-0.3, -0.25) is 0 Å². The number of halogens is 3. The SMILES string of the molecule is CC(C)(C)[C@@H]1CC=C2C(C#N)=C(N)C(C#N)(C#N)[C@@H](c3ccc(OC(F)(F)F)cc3)[C@@H]2C1. The second kappa shape index (κ2) is 7.92. The molecule has 8 heteroatoms. The van der Waals surface area contributed by atoms with Crippen LogP contribution in [-0.4, -0.2) is 6.36 Å². The molecule has 0 bridgehead atoms. The number of allylic oxidation sites excluding steroid dienone is 4. The first-order chi connectivity index (χ1) is 14.9. The molecule has 1 aromatic rings. The van der Waals surface area contributed by atoms with E-state index in [1.165, 1.54) is 12.1 Å². The lowest BCUT2D eigenvalue weighted by atomic mass is 9.54. The normalized spacial score (nSPS) is 25.0. The van der Waals surface area contributed by atoms with Crippen molar-refractivity contribution in [1.82, 2.24) is 0 Å². The van der Waals surface area contributed by atoms with Gasteiger partial charge in [0.25, 0.3) is 0 Å². The summed E-state index contributed by atoms with van der Waals surface area (Å²) in [6.07, 6.45) is -1.53. The molecule has 2 N–H and O–H groups in total. The predicted molar refractivity (Wildman–Crippen MR) is 110 cm³/mol. The van der Waals surface area contributed by atoms with Crippen LogP contribution >= 0.6 is 0 Å². The van der Waals surface area contributed by atoms with Crippen molar-refractivity contribution in [3.63, 3.8) is 0 Å². The number of rotatable bonds is 2. The van der Waals surface area contributed by atoms with E-state index in [0.29, 0.717) is 17.6 Å². The Kier molecular flexibility index (Phi) is 5.75. The number of hydrogen-bond acceptors (Lipinski definition) is 5. The standard InChI is InChI=1S/C24H23F3N4O/c1-22(2,3)15-6-9-17-18(10-15)20(23(12-29,13-30)21(31)19(17)11-28)14-4-7-16(8-5-14)32-24(25,26)27/h4-5,7-9,15,18,20H,6,10,31H2,1-3H3/t15-,18-,20+/m1/s1. The third-order valence-corrected chi connectivity index (χ3v) is 6.57. The van der Waals surface area contributed by atoms with Crippen molar-refractivity contribution in [2.75, 3.05) is 0 Å². The van der Waals surface area contributed by atoms with E-state index in [4.69, 9.17) is 5.73 Å². The van der Waals surface area contributed by atoms with Crippen LogP contribution in [0.4, 0.5) is 13.2 Å². The largest absolute Gasteiger partial charge is 0.573 e. The molecular formula is C24H23F3N4O. The van der Waals surface area contributed by atoms with Crippen molar-refractivity contribution in [2.45, 2.75) is 45.9 Å². The van der Waals surface area contributed by atoms with Crippen LogP contribution in [0.15, 0.2) is 47.2 Å². The van der Waals surface area contributed by atoms with Crippen LogP contribution in [0.25, 0.3) is 0 Å². The average Bonchev–Trinajstić information content (AvgIpc) is 2.72. The summed E-state index contributed by atoms with van der Waals surface area (Å²) < 4.78 is 41.7. The van der Waals surface area contributed by atoms with Crippen LogP contribution in [0, 0.1) is 56.7 Å². The first-order valence-corrected chi connectivity index (χ1v) is 10.2. The van der Waals surface area contributed by atoms with Crippen LogP contribution < -0.4 is 10.5 Å². The van der Waals surface area contributed by atoms with E-state index < -0.39 is 23.4 Å². The minimum absolute atomic E-state index is 0.0571. The van der Waals surface area contributed by atoms with Crippen LogP contribution in [0.5, 0.6) is 5.75 Å². The fourth-order valence-electron chi connectivity index (χ4n) is 4.85. The minimum Gasteiger partial charge on any atom is -0.406 e. The molecule has 0 unspecified atom stereocenters. The lowest BCUT2D eigenvalue weighted by molar-refractivity contribution is -0.274. The molecule has 0 spiro atoms. The Morgan fingerprint density at radius 1 is 1.06 bits per heavy atom. The van der Waals surface area contributed by atoms with Gasteiger partial charge in [0.1, 0.15) is 11.8 Å². The van der Waals surface area contributed by atoms with Gasteiger partial charge >= 0.3 is 6.36 Å². The number of benzene rings is 1. The van der Waals surface area contributed by atoms with E-state index in [2.05, 4.69) is 31.6 Å². The monoisotopic (exact) mass is 440 g/mol. The summed E-state index contributed by atoms with van der Waals surface area (Å²) in [4.78, 5) is 0. The van der Waals surface area contributed by atoms with Crippen molar-refractivity contribution >= 4 is 0 Å². The summed E-state index contributed by atoms with van der Waals surface area (Å²) in [5, 5.41) is 30.0. The molecule has 0 fully saturated rings. The zero-order valence-corrected chi connectivity index (χ0v) is 18.0. The number of ether oxygens (including phenoxy) is 1. The fraction of sp³-hybridized carbons (Fsp3) is 0.458. The lowest BCUT2D eigenvalue weighted by Gasteiger charge is -2.47. The molecule has 0 radical (unpaired) electrons. The number of nitriles is 3. The van der Waals surface area contributed by atoms with E-state index in [9.17, 15) is 29.0 Å². The molecule has 166 valence electrons. The molecule has 0 saturated carbocycles. The maximum Gasteiger partial charge on any atom is 0.573 e. The summed E-state index contributed by atoms with van der Waals surface area (Å²) in [7, 11) is 0. The summed E-state index contributed by atoms with van der Waals surface area (Å²) in [6.45, 7) is 6.32. The number of hydrogen-bond donors (Lipinski definition) is 1. The van der Waals surface area contributed by atoms with Crippen LogP contribution in [-0.2, 0) is 0 Å². The highest BCUT2D eigenvalue weighted by atomic mass is 19.4. The highest BCUT2D eigenvalue weighted by Crippen LogP contribution is 2.58. The topological polar surface area (TPSA) is 107 Å². The van der Waals surface area contributed by atoms with Crippen LogP contribution in [0.2, 0.25) is 0 Å². The molecule has 0 aromatic heterocycles. The second-order valence-electron chi connectivity index (χ2n) is 9.33. The van der Waals surface area contributed by atoms with Gasteiger partial charge in [0.15, 0.2) is 5.41 Å². The van der Waals surface area contributed by atoms with Gasteiger partial charge in [0.05, 0.1) is 23.4 Å².